The van der Waals surface area contributed by atoms with Gasteiger partial charge in [0.05, 0.1) is 0 Å². The number of phosphoric acid groups is 2. The Kier molecular flexibility index (Phi) is 14.1. The van der Waals surface area contributed by atoms with E-state index in [0.717, 1.165) is 0 Å². The van der Waals surface area contributed by atoms with Crippen LogP contribution in [0.25, 0.3) is 0 Å². The third kappa shape index (κ3) is 19.8. The fourth-order valence-electron chi connectivity index (χ4n) is 0.139. The first kappa shape index (κ1) is 20.0. The molecule has 0 bridgehead atoms. The molecule has 0 saturated heterocycles. The molecule has 0 unspecified atom stereocenters. The van der Waals surface area contributed by atoms with Crippen molar-refractivity contribution in [3.8, 4) is 0 Å². The summed E-state index contributed by atoms with van der Waals surface area (Å²) in [5, 5.41) is 0. The molecule has 0 aliphatic heterocycles. The molecular weight excluding hydrogens is 252 g/mol. The van der Waals surface area contributed by atoms with Crippen molar-refractivity contribution in [2.24, 2.45) is 0 Å². The third-order valence-electron chi connectivity index (χ3n) is 0.213. The van der Waals surface area contributed by atoms with E-state index in [-0.39, 0.29) is 103 Å². The van der Waals surface area contributed by atoms with Crippen molar-refractivity contribution in [1.29, 1.82) is 0 Å². The molecule has 2 radical (unpaired) electrons. The van der Waals surface area contributed by atoms with Gasteiger partial charge in [-0.2, -0.15) is 4.31 Å². The zero-order valence-electron chi connectivity index (χ0n) is 5.91. The van der Waals surface area contributed by atoms with Crippen LogP contribution in [0.3, 0.4) is 0 Å². The molecule has 0 aliphatic carbocycles. The van der Waals surface area contributed by atoms with E-state index in [1.165, 1.54) is 0 Å². The van der Waals surface area contributed by atoms with Crippen LogP contribution in [0.2, 0.25) is 0 Å². The van der Waals surface area contributed by atoms with E-state index in [1.54, 1.807) is 0 Å². The molecule has 0 saturated carbocycles. The van der Waals surface area contributed by atoms with Gasteiger partial charge in [0.1, 0.15) is 0 Å². The summed E-state index contributed by atoms with van der Waals surface area (Å²) in [7, 11) is -10.1. The molecule has 0 fully saturated rings. The zero-order valence-corrected chi connectivity index (χ0v) is 13.9. The summed E-state index contributed by atoms with van der Waals surface area (Å²) in [6, 6.07) is 0. The molecule has 11 heavy (non-hydrogen) atoms. The SMILES string of the molecule is O=P(O)(O)OP(=O)(O)O.[K].[K]. The third-order valence-corrected chi connectivity index (χ3v) is 1.91. The summed E-state index contributed by atoms with van der Waals surface area (Å²) in [6.07, 6.45) is 0. The van der Waals surface area contributed by atoms with Crippen LogP contribution < -0.4 is 0 Å². The average molecular weight is 256 g/mol. The van der Waals surface area contributed by atoms with Crippen LogP contribution >= 0.6 is 15.6 Å². The van der Waals surface area contributed by atoms with Crippen molar-refractivity contribution in [1.82, 2.24) is 0 Å². The summed E-state index contributed by atoms with van der Waals surface area (Å²) >= 11 is 0. The summed E-state index contributed by atoms with van der Waals surface area (Å²) < 4.78 is 22.2. The summed E-state index contributed by atoms with van der Waals surface area (Å²) in [5.74, 6) is 0. The Morgan fingerprint density at radius 2 is 1.00 bits per heavy atom. The molecule has 11 heteroatoms. The smallest absolute Gasteiger partial charge is 0.302 e. The summed E-state index contributed by atoms with van der Waals surface area (Å²) in [6.45, 7) is 0. The van der Waals surface area contributed by atoms with Gasteiger partial charge in [0.25, 0.3) is 0 Å². The Bertz CT molecular complexity index is 155. The fraction of sp³-hybridized carbons (Fsp3) is 0. The van der Waals surface area contributed by atoms with Gasteiger partial charge in [0.2, 0.25) is 0 Å². The Balaban J connectivity index is -0.000000320. The molecule has 0 spiro atoms. The molecule has 0 aliphatic rings. The van der Waals surface area contributed by atoms with Gasteiger partial charge in [-0.25, -0.2) is 9.13 Å². The Morgan fingerprint density at radius 3 is 1.00 bits per heavy atom. The van der Waals surface area contributed by atoms with Gasteiger partial charge in [-0.15, -0.1) is 0 Å². The predicted octanol–water partition coefficient (Wildman–Crippen LogP) is -1.57. The van der Waals surface area contributed by atoms with Crippen LogP contribution in [-0.4, -0.2) is 122 Å². The van der Waals surface area contributed by atoms with Crippen molar-refractivity contribution in [2.75, 3.05) is 0 Å². The fourth-order valence-corrected chi connectivity index (χ4v) is 1.25. The Labute approximate surface area is 148 Å². The minimum absolute atomic E-state index is 0. The van der Waals surface area contributed by atoms with E-state index < -0.39 is 15.6 Å². The monoisotopic (exact) mass is 256 g/mol. The molecule has 0 atom stereocenters. The number of rotatable bonds is 2. The predicted molar refractivity (Wildman–Crippen MR) is 36.7 cm³/mol. The normalized spacial score (nSPS) is 11.3. The van der Waals surface area contributed by atoms with Crippen molar-refractivity contribution in [2.45, 2.75) is 0 Å². The first-order valence-electron chi connectivity index (χ1n) is 1.53. The van der Waals surface area contributed by atoms with Gasteiger partial charge in [0, 0.05) is 103 Å². The molecule has 4 N–H and O–H groups in total. The topological polar surface area (TPSA) is 124 Å². The van der Waals surface area contributed by atoms with E-state index in [1.807, 2.05) is 0 Å². The Hall–Kier alpha value is 3.53. The maximum atomic E-state index is 9.63. The van der Waals surface area contributed by atoms with Gasteiger partial charge in [-0.3, -0.25) is 0 Å². The molecule has 0 aromatic rings. The quantitative estimate of drug-likeness (QED) is 0.347. The van der Waals surface area contributed by atoms with E-state index in [9.17, 15) is 9.13 Å². The molecule has 0 aromatic carbocycles. The second-order valence-corrected chi connectivity index (χ2v) is 3.68. The van der Waals surface area contributed by atoms with Gasteiger partial charge in [-0.1, -0.05) is 0 Å². The van der Waals surface area contributed by atoms with Crippen LogP contribution in [0.4, 0.5) is 0 Å². The molecule has 0 aromatic heterocycles. The minimum atomic E-state index is -5.05. The molecule has 58 valence electrons. The average Bonchev–Trinajstić information content (AvgIpc) is 1.14. The molecule has 0 rings (SSSR count). The standard InChI is InChI=1S/2K.H4O7P2/c;;1-8(2,3)7-9(4,5)6/h;;(H2,1,2,3)(H2,4,5,6). The summed E-state index contributed by atoms with van der Waals surface area (Å²) in [5.41, 5.74) is 0. The van der Waals surface area contributed by atoms with Crippen LogP contribution in [0.15, 0.2) is 0 Å². The second-order valence-electron chi connectivity index (χ2n) is 1.06. The number of hydrogen-bond donors (Lipinski definition) is 4. The van der Waals surface area contributed by atoms with Crippen molar-refractivity contribution in [3.63, 3.8) is 0 Å². The van der Waals surface area contributed by atoms with Crippen LogP contribution in [0.5, 0.6) is 0 Å². The molecule has 0 amide bonds. The zero-order chi connectivity index (χ0) is 7.71. The largest absolute Gasteiger partial charge is 0.478 e. The maximum absolute atomic E-state index is 9.63. The van der Waals surface area contributed by atoms with Gasteiger partial charge in [-0.05, 0) is 0 Å². The van der Waals surface area contributed by atoms with E-state index >= 15 is 0 Å². The number of hydrogen-bond acceptors (Lipinski definition) is 3. The van der Waals surface area contributed by atoms with Crippen LogP contribution in [0, 0.1) is 0 Å². The molecular formula is H4K2O7P2. The maximum Gasteiger partial charge on any atom is 0.478 e. The summed E-state index contributed by atoms with van der Waals surface area (Å²) in [4.78, 5) is 31.0. The van der Waals surface area contributed by atoms with E-state index in [4.69, 9.17) is 19.6 Å². The molecule has 0 heterocycles. The first-order chi connectivity index (χ1) is 3.71. The first-order valence-corrected chi connectivity index (χ1v) is 4.59. The Morgan fingerprint density at radius 1 is 0.818 bits per heavy atom. The van der Waals surface area contributed by atoms with Crippen molar-refractivity contribution < 1.29 is 33.0 Å². The van der Waals surface area contributed by atoms with Gasteiger partial charge in [0.15, 0.2) is 0 Å². The van der Waals surface area contributed by atoms with Gasteiger partial charge >= 0.3 is 15.6 Å². The van der Waals surface area contributed by atoms with Gasteiger partial charge < -0.3 is 19.6 Å². The van der Waals surface area contributed by atoms with Crippen LogP contribution in [-0.2, 0) is 13.4 Å². The second kappa shape index (κ2) is 7.78. The van der Waals surface area contributed by atoms with E-state index in [0.29, 0.717) is 0 Å². The molecule has 7 nitrogen and oxygen atoms in total. The van der Waals surface area contributed by atoms with E-state index in [2.05, 4.69) is 4.31 Å². The minimum Gasteiger partial charge on any atom is -0.302 e. The van der Waals surface area contributed by atoms with Crippen molar-refractivity contribution >= 4 is 118 Å². The van der Waals surface area contributed by atoms with Crippen LogP contribution in [0.1, 0.15) is 0 Å². The van der Waals surface area contributed by atoms with Crippen molar-refractivity contribution in [3.05, 3.63) is 0 Å².